The second-order valence-corrected chi connectivity index (χ2v) is 3.94. The molecule has 0 bridgehead atoms. The Balaban J connectivity index is 2.61. The Bertz CT molecular complexity index is 336. The van der Waals surface area contributed by atoms with E-state index in [2.05, 4.69) is 4.98 Å². The van der Waals surface area contributed by atoms with Gasteiger partial charge in [-0.15, -0.1) is 0 Å². The van der Waals surface area contributed by atoms with Crippen molar-refractivity contribution in [1.82, 2.24) is 4.98 Å². The van der Waals surface area contributed by atoms with Gasteiger partial charge in [0.1, 0.15) is 0 Å². The van der Waals surface area contributed by atoms with Crippen molar-refractivity contribution in [3.63, 3.8) is 0 Å². The Hall–Kier alpha value is -1.22. The fourth-order valence-electron chi connectivity index (χ4n) is 1.49. The van der Waals surface area contributed by atoms with Gasteiger partial charge in [-0.25, -0.2) is 0 Å². The molecule has 0 saturated heterocycles. The molecule has 0 aliphatic heterocycles. The van der Waals surface area contributed by atoms with E-state index in [4.69, 9.17) is 4.74 Å². The largest absolute Gasteiger partial charge is 0.384 e. The van der Waals surface area contributed by atoms with Crippen LogP contribution in [0.2, 0.25) is 0 Å². The lowest BCUT2D eigenvalue weighted by Gasteiger charge is -2.08. The monoisotopic (exact) mass is 207 g/mol. The lowest BCUT2D eigenvalue weighted by atomic mass is 10.0. The van der Waals surface area contributed by atoms with E-state index in [1.807, 2.05) is 19.9 Å². The quantitative estimate of drug-likeness (QED) is 0.695. The molecule has 0 saturated carbocycles. The van der Waals surface area contributed by atoms with E-state index in [-0.39, 0.29) is 11.7 Å². The molecule has 1 aromatic heterocycles. The first-order valence-electron chi connectivity index (χ1n) is 5.07. The summed E-state index contributed by atoms with van der Waals surface area (Å²) in [7, 11) is 1.65. The predicted molar refractivity (Wildman–Crippen MR) is 59.0 cm³/mol. The molecule has 0 amide bonds. The van der Waals surface area contributed by atoms with Crippen LogP contribution in [0, 0.1) is 12.8 Å². The zero-order valence-corrected chi connectivity index (χ0v) is 9.49. The van der Waals surface area contributed by atoms with E-state index in [0.717, 1.165) is 5.56 Å². The highest BCUT2D eigenvalue weighted by atomic mass is 16.5. The Kier molecular flexibility index (Phi) is 4.43. The van der Waals surface area contributed by atoms with Crippen LogP contribution >= 0.6 is 0 Å². The number of rotatable bonds is 5. The van der Waals surface area contributed by atoms with E-state index in [0.29, 0.717) is 18.6 Å². The molecule has 0 radical (unpaired) electrons. The van der Waals surface area contributed by atoms with E-state index >= 15 is 0 Å². The summed E-state index contributed by atoms with van der Waals surface area (Å²) in [5.41, 5.74) is 1.71. The molecule has 3 heteroatoms. The first kappa shape index (κ1) is 11.9. The molecule has 1 heterocycles. The average Bonchev–Trinajstić information content (AvgIpc) is 2.18. The Morgan fingerprint density at radius 2 is 2.27 bits per heavy atom. The second kappa shape index (κ2) is 5.61. The summed E-state index contributed by atoms with van der Waals surface area (Å²) < 4.78 is 5.00. The summed E-state index contributed by atoms with van der Waals surface area (Å²) >= 11 is 0. The topological polar surface area (TPSA) is 39.2 Å². The van der Waals surface area contributed by atoms with Gasteiger partial charge in [-0.2, -0.15) is 0 Å². The molecule has 1 aromatic rings. The molecule has 1 atom stereocenters. The SMILES string of the molecule is COCC(C)CC(=O)c1cncc(C)c1. The van der Waals surface area contributed by atoms with Crippen molar-refractivity contribution in [1.29, 1.82) is 0 Å². The number of Topliss-reactive ketones (excluding diaryl/α,β-unsaturated/α-hetero) is 1. The van der Waals surface area contributed by atoms with Crippen LogP contribution < -0.4 is 0 Å². The van der Waals surface area contributed by atoms with Crippen LogP contribution in [0.1, 0.15) is 29.3 Å². The van der Waals surface area contributed by atoms with Gasteiger partial charge >= 0.3 is 0 Å². The molecule has 1 unspecified atom stereocenters. The summed E-state index contributed by atoms with van der Waals surface area (Å²) in [4.78, 5) is 15.8. The molecule has 1 rings (SSSR count). The number of ketones is 1. The summed E-state index contributed by atoms with van der Waals surface area (Å²) in [6.45, 7) is 4.55. The molecule has 82 valence electrons. The standard InChI is InChI=1S/C12H17NO2/c1-9-4-11(7-13-6-9)12(14)5-10(2)8-15-3/h4,6-7,10H,5,8H2,1-3H3. The van der Waals surface area contributed by atoms with Crippen LogP contribution in [-0.4, -0.2) is 24.5 Å². The van der Waals surface area contributed by atoms with E-state index in [1.54, 1.807) is 19.5 Å². The molecule has 3 nitrogen and oxygen atoms in total. The highest BCUT2D eigenvalue weighted by molar-refractivity contribution is 5.96. The summed E-state index contributed by atoms with van der Waals surface area (Å²) in [6, 6.07) is 1.87. The van der Waals surface area contributed by atoms with Gasteiger partial charge in [0.15, 0.2) is 5.78 Å². The molecule has 0 aliphatic rings. The lowest BCUT2D eigenvalue weighted by molar-refractivity contribution is 0.0919. The lowest BCUT2D eigenvalue weighted by Crippen LogP contribution is -2.11. The smallest absolute Gasteiger partial charge is 0.164 e. The summed E-state index contributed by atoms with van der Waals surface area (Å²) in [6.07, 6.45) is 3.88. The minimum atomic E-state index is 0.135. The molecule has 0 fully saturated rings. The zero-order valence-electron chi connectivity index (χ0n) is 9.49. The maximum absolute atomic E-state index is 11.8. The van der Waals surface area contributed by atoms with E-state index in [1.165, 1.54) is 0 Å². The van der Waals surface area contributed by atoms with Crippen molar-refractivity contribution in [2.24, 2.45) is 5.92 Å². The number of hydrogen-bond acceptors (Lipinski definition) is 3. The Morgan fingerprint density at radius 3 is 2.87 bits per heavy atom. The molecular weight excluding hydrogens is 190 g/mol. The molecule has 0 N–H and O–H groups in total. The number of methoxy groups -OCH3 is 1. The third kappa shape index (κ3) is 3.80. The Morgan fingerprint density at radius 1 is 1.53 bits per heavy atom. The fourth-order valence-corrected chi connectivity index (χ4v) is 1.49. The number of nitrogens with zero attached hydrogens (tertiary/aromatic N) is 1. The van der Waals surface area contributed by atoms with Crippen LogP contribution in [0.3, 0.4) is 0 Å². The average molecular weight is 207 g/mol. The van der Waals surface area contributed by atoms with Crippen molar-refractivity contribution in [2.45, 2.75) is 20.3 Å². The molecular formula is C12H17NO2. The van der Waals surface area contributed by atoms with Gasteiger partial charge in [-0.3, -0.25) is 9.78 Å². The highest BCUT2D eigenvalue weighted by Crippen LogP contribution is 2.10. The number of carbonyl (C=O) groups excluding carboxylic acids is 1. The predicted octanol–water partition coefficient (Wildman–Crippen LogP) is 2.25. The van der Waals surface area contributed by atoms with Gasteiger partial charge in [0.25, 0.3) is 0 Å². The maximum atomic E-state index is 11.8. The number of pyridine rings is 1. The van der Waals surface area contributed by atoms with Crippen LogP contribution in [0.15, 0.2) is 18.5 Å². The Labute approximate surface area is 90.5 Å². The van der Waals surface area contributed by atoms with Crippen molar-refractivity contribution < 1.29 is 9.53 Å². The number of hydrogen-bond donors (Lipinski definition) is 0. The van der Waals surface area contributed by atoms with Crippen LogP contribution in [0.5, 0.6) is 0 Å². The summed E-state index contributed by atoms with van der Waals surface area (Å²) in [5.74, 6) is 0.388. The van der Waals surface area contributed by atoms with Gasteiger partial charge in [-0.1, -0.05) is 6.92 Å². The molecule has 15 heavy (non-hydrogen) atoms. The van der Waals surface area contributed by atoms with E-state index in [9.17, 15) is 4.79 Å². The number of carbonyl (C=O) groups is 1. The van der Waals surface area contributed by atoms with Crippen LogP contribution in [-0.2, 0) is 4.74 Å². The molecule has 0 aliphatic carbocycles. The number of aryl methyl sites for hydroxylation is 1. The number of ether oxygens (including phenoxy) is 1. The van der Waals surface area contributed by atoms with E-state index < -0.39 is 0 Å². The van der Waals surface area contributed by atoms with Crippen molar-refractivity contribution >= 4 is 5.78 Å². The first-order valence-corrected chi connectivity index (χ1v) is 5.07. The van der Waals surface area contributed by atoms with Crippen molar-refractivity contribution in [3.8, 4) is 0 Å². The molecule has 0 aromatic carbocycles. The van der Waals surface area contributed by atoms with Gasteiger partial charge in [0.2, 0.25) is 0 Å². The van der Waals surface area contributed by atoms with Gasteiger partial charge < -0.3 is 4.74 Å². The zero-order chi connectivity index (χ0) is 11.3. The minimum absolute atomic E-state index is 0.135. The van der Waals surface area contributed by atoms with Gasteiger partial charge in [-0.05, 0) is 24.5 Å². The van der Waals surface area contributed by atoms with Gasteiger partial charge in [0, 0.05) is 38.1 Å². The maximum Gasteiger partial charge on any atom is 0.164 e. The number of aromatic nitrogens is 1. The highest BCUT2D eigenvalue weighted by Gasteiger charge is 2.11. The second-order valence-electron chi connectivity index (χ2n) is 3.94. The fraction of sp³-hybridized carbons (Fsp3) is 0.500. The van der Waals surface area contributed by atoms with Crippen LogP contribution in [0.4, 0.5) is 0 Å². The minimum Gasteiger partial charge on any atom is -0.384 e. The normalized spacial score (nSPS) is 12.5. The third-order valence-electron chi connectivity index (χ3n) is 2.18. The third-order valence-corrected chi connectivity index (χ3v) is 2.18. The van der Waals surface area contributed by atoms with Crippen LogP contribution in [0.25, 0.3) is 0 Å². The van der Waals surface area contributed by atoms with Gasteiger partial charge in [0.05, 0.1) is 0 Å². The van der Waals surface area contributed by atoms with Crippen molar-refractivity contribution in [2.75, 3.05) is 13.7 Å². The summed E-state index contributed by atoms with van der Waals surface area (Å²) in [5, 5.41) is 0. The molecule has 0 spiro atoms. The van der Waals surface area contributed by atoms with Crippen molar-refractivity contribution in [3.05, 3.63) is 29.6 Å². The first-order chi connectivity index (χ1) is 7.13.